The first kappa shape index (κ1) is 15.1. The maximum atomic E-state index is 11.2. The fourth-order valence-corrected chi connectivity index (χ4v) is 2.13. The summed E-state index contributed by atoms with van der Waals surface area (Å²) in [4.78, 5) is 0.160. The molecule has 72 valence electrons. The van der Waals surface area contributed by atoms with Gasteiger partial charge in [-0.15, -0.1) is 0 Å². The zero-order valence-electron chi connectivity index (χ0n) is 8.28. The maximum Gasteiger partial charge on any atom is 1.00 e. The van der Waals surface area contributed by atoms with Crippen molar-refractivity contribution in [3.05, 3.63) is 33.6 Å². The third-order valence-electron chi connectivity index (χ3n) is 1.70. The number of benzene rings is 1. The van der Waals surface area contributed by atoms with Gasteiger partial charge < -0.3 is 4.24 Å². The smallest absolute Gasteiger partial charge is 0.458 e. The van der Waals surface area contributed by atoms with E-state index in [2.05, 4.69) is 4.24 Å². The summed E-state index contributed by atoms with van der Waals surface area (Å²) in [6.45, 7) is 3.60. The fourth-order valence-electron chi connectivity index (χ4n) is 1.13. The Bertz CT molecular complexity index is 419. The molecule has 1 rings (SSSR count). The Morgan fingerprint density at radius 2 is 1.86 bits per heavy atom. The van der Waals surface area contributed by atoms with E-state index >= 15 is 0 Å². The van der Waals surface area contributed by atoms with Crippen molar-refractivity contribution < 1.29 is 59.8 Å². The van der Waals surface area contributed by atoms with Gasteiger partial charge in [0.2, 0.25) is 0 Å². The number of rotatable bonds is 2. The molecule has 0 bridgehead atoms. The monoisotopic (exact) mass is 257 g/mol. The topological polar surface area (TPSA) is 48.2 Å². The van der Waals surface area contributed by atoms with Crippen LogP contribution in [-0.4, -0.2) is 8.42 Å². The van der Waals surface area contributed by atoms with E-state index in [0.717, 1.165) is 5.56 Å². The van der Waals surface area contributed by atoms with Crippen LogP contribution in [0.3, 0.4) is 0 Å². The van der Waals surface area contributed by atoms with Crippen molar-refractivity contribution in [2.24, 2.45) is 0 Å². The largest absolute Gasteiger partial charge is 1.00 e. The van der Waals surface area contributed by atoms with Crippen molar-refractivity contribution >= 4 is 21.8 Å². The van der Waals surface area contributed by atoms with Gasteiger partial charge in [-0.2, -0.15) is 0 Å². The van der Waals surface area contributed by atoms with Crippen LogP contribution in [0, 0.1) is 13.8 Å². The molecule has 0 unspecified atom stereocenters. The average molecular weight is 258 g/mol. The van der Waals surface area contributed by atoms with Gasteiger partial charge in [0.05, 0.1) is 4.90 Å². The SMILES string of the molecule is Cc1ccc(S(=O)(=O)[N-]Cl)c(C)c1.[K+]. The van der Waals surface area contributed by atoms with Crippen LogP contribution in [0.15, 0.2) is 23.1 Å². The van der Waals surface area contributed by atoms with Crippen molar-refractivity contribution in [3.8, 4) is 0 Å². The summed E-state index contributed by atoms with van der Waals surface area (Å²) in [7, 11) is -3.66. The first-order valence-electron chi connectivity index (χ1n) is 3.63. The third kappa shape index (κ3) is 3.57. The van der Waals surface area contributed by atoms with Crippen LogP contribution in [0.5, 0.6) is 0 Å². The van der Waals surface area contributed by atoms with Crippen LogP contribution >= 0.6 is 11.8 Å². The molecule has 14 heavy (non-hydrogen) atoms. The molecule has 0 heterocycles. The Morgan fingerprint density at radius 3 is 2.29 bits per heavy atom. The standard InChI is InChI=1S/C8H9ClNO2S.K/c1-6-3-4-8(7(2)5-6)13(11,12)10-9;/h3-5H,1-2H3;/q-1;+1. The third-order valence-corrected chi connectivity index (χ3v) is 3.44. The Hall–Kier alpha value is 1.06. The number of halogens is 1. The molecule has 0 amide bonds. The van der Waals surface area contributed by atoms with Gasteiger partial charge in [0.25, 0.3) is 0 Å². The quantitative estimate of drug-likeness (QED) is 0.673. The number of hydrogen-bond donors (Lipinski definition) is 0. The van der Waals surface area contributed by atoms with Gasteiger partial charge in [0, 0.05) is 0 Å². The number of aryl methyl sites for hydroxylation is 2. The van der Waals surface area contributed by atoms with Crippen LogP contribution in [0.25, 0.3) is 4.24 Å². The van der Waals surface area contributed by atoms with Gasteiger partial charge in [0.1, 0.15) is 10.0 Å². The van der Waals surface area contributed by atoms with E-state index in [1.807, 2.05) is 6.92 Å². The van der Waals surface area contributed by atoms with Crippen LogP contribution in [0.1, 0.15) is 11.1 Å². The molecular weight excluding hydrogens is 249 g/mol. The Balaban J connectivity index is 0.00000169. The molecule has 0 saturated carbocycles. The van der Waals surface area contributed by atoms with E-state index in [-0.39, 0.29) is 56.3 Å². The molecule has 0 aliphatic carbocycles. The molecule has 6 heteroatoms. The second kappa shape index (κ2) is 5.96. The van der Waals surface area contributed by atoms with Gasteiger partial charge in [-0.05, 0) is 25.5 Å². The minimum Gasteiger partial charge on any atom is -0.458 e. The van der Waals surface area contributed by atoms with Crippen molar-refractivity contribution in [3.63, 3.8) is 0 Å². The number of nitrogens with zero attached hydrogens (tertiary/aromatic N) is 1. The van der Waals surface area contributed by atoms with E-state index in [1.54, 1.807) is 19.1 Å². The van der Waals surface area contributed by atoms with Crippen molar-refractivity contribution in [2.45, 2.75) is 18.7 Å². The van der Waals surface area contributed by atoms with E-state index in [9.17, 15) is 8.42 Å². The predicted octanol–water partition coefficient (Wildman–Crippen LogP) is -0.476. The summed E-state index contributed by atoms with van der Waals surface area (Å²) in [6, 6.07) is 4.99. The summed E-state index contributed by atoms with van der Waals surface area (Å²) < 4.78 is 25.3. The minimum absolute atomic E-state index is 0. The first-order valence-corrected chi connectivity index (χ1v) is 5.41. The van der Waals surface area contributed by atoms with Crippen LogP contribution in [0.2, 0.25) is 0 Å². The first-order chi connectivity index (χ1) is 5.97. The van der Waals surface area contributed by atoms with E-state index < -0.39 is 10.0 Å². The average Bonchev–Trinajstić information content (AvgIpc) is 2.03. The zero-order chi connectivity index (χ0) is 10.1. The van der Waals surface area contributed by atoms with Gasteiger partial charge in [0.15, 0.2) is 0 Å². The van der Waals surface area contributed by atoms with Crippen LogP contribution < -0.4 is 51.4 Å². The molecule has 0 fully saturated rings. The van der Waals surface area contributed by atoms with Gasteiger partial charge >= 0.3 is 51.4 Å². The molecule has 0 aliphatic rings. The molecule has 0 radical (unpaired) electrons. The summed E-state index contributed by atoms with van der Waals surface area (Å²) in [5, 5.41) is 0. The Kier molecular flexibility index (Phi) is 6.41. The molecule has 0 spiro atoms. The van der Waals surface area contributed by atoms with E-state index in [4.69, 9.17) is 11.8 Å². The fraction of sp³-hybridized carbons (Fsp3) is 0.250. The molecule has 0 aliphatic heterocycles. The second-order valence-electron chi connectivity index (χ2n) is 2.81. The van der Waals surface area contributed by atoms with Crippen molar-refractivity contribution in [1.29, 1.82) is 0 Å². The van der Waals surface area contributed by atoms with Gasteiger partial charge in [-0.3, -0.25) is 11.8 Å². The van der Waals surface area contributed by atoms with Crippen LogP contribution in [-0.2, 0) is 10.0 Å². The van der Waals surface area contributed by atoms with E-state index in [1.165, 1.54) is 6.07 Å². The predicted molar refractivity (Wildman–Crippen MR) is 52.3 cm³/mol. The Labute approximate surface area is 132 Å². The number of hydrogen-bond acceptors (Lipinski definition) is 2. The molecule has 1 aromatic carbocycles. The van der Waals surface area contributed by atoms with Gasteiger partial charge in [-0.25, -0.2) is 8.42 Å². The van der Waals surface area contributed by atoms with Crippen molar-refractivity contribution in [1.82, 2.24) is 0 Å². The molecule has 0 atom stereocenters. The summed E-state index contributed by atoms with van der Waals surface area (Å²) in [6.07, 6.45) is 0. The van der Waals surface area contributed by atoms with Crippen LogP contribution in [0.4, 0.5) is 0 Å². The minimum atomic E-state index is -3.66. The normalized spacial score (nSPS) is 10.8. The molecular formula is C8H9ClKNO2S. The molecule has 0 N–H and O–H groups in total. The molecule has 0 saturated heterocycles. The summed E-state index contributed by atoms with van der Waals surface area (Å²) >= 11 is 4.98. The Morgan fingerprint density at radius 1 is 1.29 bits per heavy atom. The molecule has 1 aromatic rings. The van der Waals surface area contributed by atoms with Gasteiger partial charge in [-0.1, -0.05) is 17.7 Å². The number of sulfonamides is 1. The molecule has 3 nitrogen and oxygen atoms in total. The molecule has 0 aromatic heterocycles. The second-order valence-corrected chi connectivity index (χ2v) is 4.76. The zero-order valence-corrected chi connectivity index (χ0v) is 13.0. The van der Waals surface area contributed by atoms with Crippen molar-refractivity contribution in [2.75, 3.05) is 0 Å². The summed E-state index contributed by atoms with van der Waals surface area (Å²) in [5.41, 5.74) is 1.66. The maximum absolute atomic E-state index is 11.2. The van der Waals surface area contributed by atoms with E-state index in [0.29, 0.717) is 5.56 Å². The summed E-state index contributed by atoms with van der Waals surface area (Å²) in [5.74, 6) is 0.